The predicted molar refractivity (Wildman–Crippen MR) is 124 cm³/mol. The van der Waals surface area contributed by atoms with Crippen molar-refractivity contribution in [1.29, 1.82) is 0 Å². The third-order valence-electron chi connectivity index (χ3n) is 4.69. The first kappa shape index (κ1) is 23.7. The first-order valence-corrected chi connectivity index (χ1v) is 9.49. The van der Waals surface area contributed by atoms with Gasteiger partial charge in [-0.3, -0.25) is 4.79 Å². The molecule has 30 heavy (non-hydrogen) atoms. The number of nitrogens with zero attached hydrogens (tertiary/aromatic N) is 1. The van der Waals surface area contributed by atoms with Gasteiger partial charge >= 0.3 is 0 Å². The molecule has 1 aliphatic rings. The molecule has 1 amide bonds. The van der Waals surface area contributed by atoms with E-state index in [2.05, 4.69) is 10.6 Å². The number of ether oxygens (including phenoxy) is 2. The lowest BCUT2D eigenvalue weighted by Gasteiger charge is -2.19. The third-order valence-corrected chi connectivity index (χ3v) is 4.69. The van der Waals surface area contributed by atoms with E-state index in [9.17, 15) is 4.79 Å². The Labute approximate surface area is 188 Å². The van der Waals surface area contributed by atoms with Gasteiger partial charge in [0.2, 0.25) is 0 Å². The number of benzene rings is 2. The Bertz CT molecular complexity index is 1010. The topological polar surface area (TPSA) is 72.5 Å². The van der Waals surface area contributed by atoms with Crippen LogP contribution in [0.5, 0.6) is 11.5 Å². The first-order chi connectivity index (χ1) is 13.8. The lowest BCUT2D eigenvalue weighted by Crippen LogP contribution is -2.26. The number of rotatable bonds is 6. The minimum atomic E-state index is -0.0894. The van der Waals surface area contributed by atoms with Crippen LogP contribution < -0.4 is 20.1 Å². The maximum atomic E-state index is 12.8. The van der Waals surface area contributed by atoms with Gasteiger partial charge in [-0.1, -0.05) is 18.2 Å². The summed E-state index contributed by atoms with van der Waals surface area (Å²) in [6.45, 7) is 2.57. The van der Waals surface area contributed by atoms with Crippen LogP contribution in [-0.2, 0) is 0 Å². The van der Waals surface area contributed by atoms with E-state index in [1.165, 1.54) is 0 Å². The molecule has 0 bridgehead atoms. The van der Waals surface area contributed by atoms with Crippen LogP contribution >= 0.6 is 24.8 Å². The quantitative estimate of drug-likeness (QED) is 0.559. The second-order valence-corrected chi connectivity index (χ2v) is 6.64. The summed E-state index contributed by atoms with van der Waals surface area (Å²) in [5.74, 6) is 1.35. The minimum absolute atomic E-state index is 0. The van der Waals surface area contributed by atoms with Gasteiger partial charge in [0.15, 0.2) is 11.5 Å². The van der Waals surface area contributed by atoms with E-state index in [1.54, 1.807) is 0 Å². The molecule has 1 aliphatic heterocycles. The molecule has 4 rings (SSSR count). The number of fused-ring (bicyclic) bond motifs is 2. The average molecular weight is 450 g/mol. The van der Waals surface area contributed by atoms with E-state index in [4.69, 9.17) is 14.5 Å². The lowest BCUT2D eigenvalue weighted by atomic mass is 10.0. The number of amides is 1. The Balaban J connectivity index is 0.00000160. The maximum absolute atomic E-state index is 12.8. The highest BCUT2D eigenvalue weighted by atomic mass is 35.5. The summed E-state index contributed by atoms with van der Waals surface area (Å²) >= 11 is 0. The monoisotopic (exact) mass is 449 g/mol. The second-order valence-electron chi connectivity index (χ2n) is 6.64. The lowest BCUT2D eigenvalue weighted by molar-refractivity contribution is 0.0955. The molecule has 0 atom stereocenters. The molecule has 1 aromatic heterocycles. The van der Waals surface area contributed by atoms with Crippen LogP contribution in [0, 0.1) is 0 Å². The normalized spacial score (nSPS) is 11.9. The Morgan fingerprint density at radius 3 is 2.57 bits per heavy atom. The zero-order chi connectivity index (χ0) is 19.3. The van der Waals surface area contributed by atoms with Gasteiger partial charge in [0.05, 0.1) is 16.8 Å². The number of halogens is 2. The Kier molecular flexibility index (Phi) is 8.72. The summed E-state index contributed by atoms with van der Waals surface area (Å²) < 4.78 is 11.3. The number of hydrogen-bond donors (Lipinski definition) is 2. The minimum Gasteiger partial charge on any atom is -0.486 e. The van der Waals surface area contributed by atoms with Gasteiger partial charge in [0.25, 0.3) is 5.91 Å². The van der Waals surface area contributed by atoms with Crippen molar-refractivity contribution in [3.63, 3.8) is 0 Å². The molecule has 0 unspecified atom stereocenters. The Morgan fingerprint density at radius 1 is 1.00 bits per heavy atom. The summed E-state index contributed by atoms with van der Waals surface area (Å²) in [5, 5.41) is 6.93. The summed E-state index contributed by atoms with van der Waals surface area (Å²) in [6.07, 6.45) is 0.875. The van der Waals surface area contributed by atoms with Crippen LogP contribution in [-0.4, -0.2) is 44.2 Å². The highest BCUT2D eigenvalue weighted by Gasteiger charge is 2.16. The van der Waals surface area contributed by atoms with Crippen LogP contribution in [0.15, 0.2) is 48.5 Å². The molecule has 2 aromatic carbocycles. The molecule has 0 aliphatic carbocycles. The Hall–Kier alpha value is -2.54. The molecule has 160 valence electrons. The van der Waals surface area contributed by atoms with Crippen LogP contribution in [0.4, 0.5) is 0 Å². The molecular weight excluding hydrogens is 425 g/mol. The van der Waals surface area contributed by atoms with Gasteiger partial charge in [-0.15, -0.1) is 24.8 Å². The van der Waals surface area contributed by atoms with Crippen LogP contribution in [0.2, 0.25) is 0 Å². The van der Waals surface area contributed by atoms with Crippen molar-refractivity contribution in [2.75, 3.05) is 33.4 Å². The smallest absolute Gasteiger partial charge is 0.252 e. The van der Waals surface area contributed by atoms with E-state index in [1.807, 2.05) is 55.6 Å². The summed E-state index contributed by atoms with van der Waals surface area (Å²) in [4.78, 5) is 17.6. The van der Waals surface area contributed by atoms with Crippen molar-refractivity contribution in [2.24, 2.45) is 0 Å². The summed E-state index contributed by atoms with van der Waals surface area (Å²) in [5.41, 5.74) is 3.03. The fourth-order valence-electron chi connectivity index (χ4n) is 3.28. The van der Waals surface area contributed by atoms with E-state index < -0.39 is 0 Å². The number of aromatic nitrogens is 1. The number of carbonyl (C=O) groups is 1. The number of nitrogens with one attached hydrogen (secondary N) is 2. The van der Waals surface area contributed by atoms with Gasteiger partial charge in [0, 0.05) is 17.5 Å². The standard InChI is InChI=1S/C22H23N3O3.2ClH/c1-23-9-4-10-24-22(26)17-14-19(25-18-6-3-2-5-16(17)18)15-7-8-20-21(13-15)28-12-11-27-20;;/h2-3,5-8,13-14,23H,4,9-12H2,1H3,(H,24,26);2*1H. The van der Waals surface area contributed by atoms with E-state index in [-0.39, 0.29) is 30.7 Å². The van der Waals surface area contributed by atoms with Crippen molar-refractivity contribution < 1.29 is 14.3 Å². The van der Waals surface area contributed by atoms with Gasteiger partial charge in [-0.2, -0.15) is 0 Å². The number of pyridine rings is 1. The number of para-hydroxylation sites is 1. The summed E-state index contributed by atoms with van der Waals surface area (Å²) in [7, 11) is 1.90. The zero-order valence-corrected chi connectivity index (χ0v) is 18.3. The average Bonchev–Trinajstić information content (AvgIpc) is 2.75. The largest absolute Gasteiger partial charge is 0.486 e. The van der Waals surface area contributed by atoms with Gasteiger partial charge < -0.3 is 20.1 Å². The molecule has 0 saturated carbocycles. The van der Waals surface area contributed by atoms with Gasteiger partial charge in [-0.25, -0.2) is 4.98 Å². The zero-order valence-electron chi connectivity index (χ0n) is 16.6. The molecular formula is C22H25Cl2N3O3. The highest BCUT2D eigenvalue weighted by molar-refractivity contribution is 6.07. The van der Waals surface area contributed by atoms with Crippen molar-refractivity contribution in [2.45, 2.75) is 6.42 Å². The summed E-state index contributed by atoms with van der Waals surface area (Å²) in [6, 6.07) is 15.3. The molecule has 3 aromatic rings. The molecule has 6 nitrogen and oxygen atoms in total. The van der Waals surface area contributed by atoms with Crippen LogP contribution in [0.25, 0.3) is 22.2 Å². The predicted octanol–water partition coefficient (Wildman–Crippen LogP) is 3.86. The SMILES string of the molecule is CNCCCNC(=O)c1cc(-c2ccc3c(c2)OCCO3)nc2ccccc12.Cl.Cl. The van der Waals surface area contributed by atoms with Crippen molar-refractivity contribution >= 4 is 41.6 Å². The third kappa shape index (κ3) is 5.14. The van der Waals surface area contributed by atoms with E-state index in [0.29, 0.717) is 31.1 Å². The van der Waals surface area contributed by atoms with Crippen molar-refractivity contribution in [3.05, 3.63) is 54.1 Å². The van der Waals surface area contributed by atoms with Crippen LogP contribution in [0.1, 0.15) is 16.8 Å². The Morgan fingerprint density at radius 2 is 1.77 bits per heavy atom. The van der Waals surface area contributed by atoms with E-state index >= 15 is 0 Å². The van der Waals surface area contributed by atoms with Crippen LogP contribution in [0.3, 0.4) is 0 Å². The molecule has 0 radical (unpaired) electrons. The van der Waals surface area contributed by atoms with E-state index in [0.717, 1.165) is 40.9 Å². The fourth-order valence-corrected chi connectivity index (χ4v) is 3.28. The molecule has 0 fully saturated rings. The number of hydrogen-bond acceptors (Lipinski definition) is 5. The second kappa shape index (κ2) is 11.0. The van der Waals surface area contributed by atoms with Gasteiger partial charge in [0.1, 0.15) is 13.2 Å². The highest BCUT2D eigenvalue weighted by Crippen LogP contribution is 2.35. The fraction of sp³-hybridized carbons (Fsp3) is 0.273. The maximum Gasteiger partial charge on any atom is 0.252 e. The molecule has 2 N–H and O–H groups in total. The molecule has 2 heterocycles. The van der Waals surface area contributed by atoms with Gasteiger partial charge in [-0.05, 0) is 50.3 Å². The van der Waals surface area contributed by atoms with Crippen molar-refractivity contribution in [1.82, 2.24) is 15.6 Å². The molecule has 0 saturated heterocycles. The first-order valence-electron chi connectivity index (χ1n) is 9.49. The molecule has 0 spiro atoms. The number of carbonyl (C=O) groups excluding carboxylic acids is 1. The molecule has 8 heteroatoms. The van der Waals surface area contributed by atoms with Crippen molar-refractivity contribution in [3.8, 4) is 22.8 Å².